The van der Waals surface area contributed by atoms with Gasteiger partial charge in [-0.3, -0.25) is 4.99 Å². The SMILES string of the molecule is C=C(C)C[Si](CCC)(CCC)CCC=NCCCCCCCCCC[Si](CCC)(CCC)CC(=C)C. The molecule has 0 aliphatic rings. The van der Waals surface area contributed by atoms with Crippen molar-refractivity contribution in [1.82, 2.24) is 0 Å². The van der Waals surface area contributed by atoms with Crippen molar-refractivity contribution in [2.24, 2.45) is 4.99 Å². The normalized spacial score (nSPS) is 12.5. The van der Waals surface area contributed by atoms with Crippen molar-refractivity contribution >= 4 is 22.4 Å². The molecule has 0 fully saturated rings. The van der Waals surface area contributed by atoms with Gasteiger partial charge in [-0.05, 0) is 45.0 Å². The van der Waals surface area contributed by atoms with Crippen molar-refractivity contribution in [3.63, 3.8) is 0 Å². The monoisotopic (exact) mass is 533 g/mol. The lowest BCUT2D eigenvalue weighted by atomic mass is 10.1. The minimum Gasteiger partial charge on any atom is -0.298 e. The number of aliphatic imine (C=N–C) groups is 1. The first-order valence-corrected chi connectivity index (χ1v) is 21.7. The van der Waals surface area contributed by atoms with Crippen LogP contribution in [-0.4, -0.2) is 28.9 Å². The standard InChI is InChI=1S/C33H67NSi2/c1-9-24-35(25-10-2,30-32(5)6)28-20-18-16-14-13-15-17-19-22-34-23-21-29-36(26-11-3,27-12-4)31-33(7)8/h23H,5,7,9-22,24-31H2,1-4,6,8H3. The first-order valence-electron chi connectivity index (χ1n) is 16.1. The molecule has 212 valence electrons. The number of unbranched alkanes of at least 4 members (excludes halogenated alkanes) is 7. The fraction of sp³-hybridized carbons (Fsp3) is 0.848. The molecule has 0 atom stereocenters. The van der Waals surface area contributed by atoms with Gasteiger partial charge in [0.05, 0.1) is 16.1 Å². The number of allylic oxidation sites excluding steroid dienone is 2. The smallest absolute Gasteiger partial charge is 0.0579 e. The van der Waals surface area contributed by atoms with E-state index < -0.39 is 16.1 Å². The van der Waals surface area contributed by atoms with Crippen LogP contribution >= 0.6 is 0 Å². The van der Waals surface area contributed by atoms with Crippen molar-refractivity contribution in [3.05, 3.63) is 24.3 Å². The van der Waals surface area contributed by atoms with Gasteiger partial charge in [0.15, 0.2) is 0 Å². The Morgan fingerprint density at radius 2 is 0.944 bits per heavy atom. The average molecular weight is 534 g/mol. The van der Waals surface area contributed by atoms with E-state index in [1.165, 1.54) is 137 Å². The maximum Gasteiger partial charge on any atom is 0.0579 e. The molecule has 0 N–H and O–H groups in total. The summed E-state index contributed by atoms with van der Waals surface area (Å²) < 4.78 is 0. The Hall–Kier alpha value is -0.416. The Bertz CT molecular complexity index is 568. The zero-order valence-electron chi connectivity index (χ0n) is 26.0. The molecule has 0 saturated carbocycles. The first kappa shape index (κ1) is 35.6. The highest BCUT2D eigenvalue weighted by atomic mass is 28.3. The van der Waals surface area contributed by atoms with Crippen molar-refractivity contribution < 1.29 is 0 Å². The van der Waals surface area contributed by atoms with Gasteiger partial charge in [-0.15, -0.1) is 13.2 Å². The van der Waals surface area contributed by atoms with E-state index in [1.54, 1.807) is 6.04 Å². The molecule has 36 heavy (non-hydrogen) atoms. The van der Waals surface area contributed by atoms with Crippen LogP contribution in [0.15, 0.2) is 29.3 Å². The molecule has 0 aromatic heterocycles. The molecule has 0 aliphatic heterocycles. The molecule has 0 rings (SSSR count). The summed E-state index contributed by atoms with van der Waals surface area (Å²) >= 11 is 0. The molecular formula is C33H67NSi2. The van der Waals surface area contributed by atoms with Gasteiger partial charge < -0.3 is 0 Å². The Morgan fingerprint density at radius 1 is 0.556 bits per heavy atom. The lowest BCUT2D eigenvalue weighted by molar-refractivity contribution is 0.577. The number of nitrogens with zero attached hydrogens (tertiary/aromatic N) is 1. The predicted octanol–water partition coefficient (Wildman–Crippen LogP) is 12.3. The highest BCUT2D eigenvalue weighted by Gasteiger charge is 2.30. The highest BCUT2D eigenvalue weighted by Crippen LogP contribution is 2.34. The molecule has 0 saturated heterocycles. The molecule has 0 aromatic carbocycles. The zero-order valence-corrected chi connectivity index (χ0v) is 28.0. The van der Waals surface area contributed by atoms with Crippen LogP contribution in [0.4, 0.5) is 0 Å². The van der Waals surface area contributed by atoms with Crippen molar-refractivity contribution in [2.75, 3.05) is 6.54 Å². The fourth-order valence-electron chi connectivity index (χ4n) is 7.00. The second-order valence-corrected chi connectivity index (χ2v) is 22.2. The average Bonchev–Trinajstić information content (AvgIpc) is 2.79. The van der Waals surface area contributed by atoms with E-state index in [0.29, 0.717) is 0 Å². The minimum absolute atomic E-state index is 1.04. The zero-order chi connectivity index (χ0) is 27.1. The third-order valence-corrected chi connectivity index (χ3v) is 19.9. The Labute approximate surface area is 231 Å². The molecule has 0 amide bonds. The lowest BCUT2D eigenvalue weighted by Crippen LogP contribution is -2.33. The van der Waals surface area contributed by atoms with Gasteiger partial charge in [0, 0.05) is 6.54 Å². The molecule has 0 aliphatic carbocycles. The second-order valence-electron chi connectivity index (χ2n) is 12.5. The number of rotatable bonds is 26. The van der Waals surface area contributed by atoms with Gasteiger partial charge in [0.1, 0.15) is 0 Å². The summed E-state index contributed by atoms with van der Waals surface area (Å²) in [6.07, 6.45) is 20.2. The van der Waals surface area contributed by atoms with Crippen LogP contribution in [0.3, 0.4) is 0 Å². The quantitative estimate of drug-likeness (QED) is 0.0453. The molecule has 0 heterocycles. The maximum atomic E-state index is 4.78. The lowest BCUT2D eigenvalue weighted by Gasteiger charge is -2.32. The topological polar surface area (TPSA) is 12.4 Å². The molecule has 0 spiro atoms. The van der Waals surface area contributed by atoms with Crippen LogP contribution in [-0.2, 0) is 0 Å². The van der Waals surface area contributed by atoms with Crippen LogP contribution in [0.5, 0.6) is 0 Å². The van der Waals surface area contributed by atoms with E-state index >= 15 is 0 Å². The van der Waals surface area contributed by atoms with Gasteiger partial charge in [-0.1, -0.05) is 146 Å². The van der Waals surface area contributed by atoms with Gasteiger partial charge in [0.2, 0.25) is 0 Å². The highest BCUT2D eigenvalue weighted by molar-refractivity contribution is 6.80. The van der Waals surface area contributed by atoms with E-state index in [4.69, 9.17) is 4.99 Å². The Morgan fingerprint density at radius 3 is 1.36 bits per heavy atom. The fourth-order valence-corrected chi connectivity index (χ4v) is 18.1. The molecule has 0 aromatic rings. The summed E-state index contributed by atoms with van der Waals surface area (Å²) in [5.41, 5.74) is 2.85. The summed E-state index contributed by atoms with van der Waals surface area (Å²) in [7, 11) is -2.28. The van der Waals surface area contributed by atoms with Gasteiger partial charge in [-0.25, -0.2) is 0 Å². The van der Waals surface area contributed by atoms with E-state index in [2.05, 4.69) is 60.9 Å². The van der Waals surface area contributed by atoms with Crippen LogP contribution in [0.2, 0.25) is 48.4 Å². The van der Waals surface area contributed by atoms with Crippen LogP contribution in [0, 0.1) is 0 Å². The molecule has 0 unspecified atom stereocenters. The van der Waals surface area contributed by atoms with Crippen LogP contribution < -0.4 is 0 Å². The number of hydrogen-bond donors (Lipinski definition) is 0. The van der Waals surface area contributed by atoms with Gasteiger partial charge >= 0.3 is 0 Å². The summed E-state index contributed by atoms with van der Waals surface area (Å²) in [6.45, 7) is 23.6. The van der Waals surface area contributed by atoms with Crippen LogP contribution in [0.1, 0.15) is 125 Å². The molecule has 3 heteroatoms. The third-order valence-electron chi connectivity index (χ3n) is 8.15. The largest absolute Gasteiger partial charge is 0.298 e. The Kier molecular flexibility index (Phi) is 22.3. The molecular weight excluding hydrogens is 467 g/mol. The Balaban J connectivity index is 4.00. The van der Waals surface area contributed by atoms with Crippen molar-refractivity contribution in [2.45, 2.75) is 173 Å². The summed E-state index contributed by atoms with van der Waals surface area (Å²) in [5, 5.41) is 0. The minimum atomic E-state index is -1.18. The summed E-state index contributed by atoms with van der Waals surface area (Å²) in [6, 6.07) is 11.7. The number of hydrogen-bond acceptors (Lipinski definition) is 1. The predicted molar refractivity (Wildman–Crippen MR) is 176 cm³/mol. The van der Waals surface area contributed by atoms with Crippen molar-refractivity contribution in [3.8, 4) is 0 Å². The summed E-state index contributed by atoms with van der Waals surface area (Å²) in [5.74, 6) is 0. The van der Waals surface area contributed by atoms with E-state index in [0.717, 1.165) is 6.54 Å². The van der Waals surface area contributed by atoms with Crippen LogP contribution in [0.25, 0.3) is 0 Å². The first-order chi connectivity index (χ1) is 17.3. The molecule has 1 nitrogen and oxygen atoms in total. The van der Waals surface area contributed by atoms with Gasteiger partial charge in [0.25, 0.3) is 0 Å². The van der Waals surface area contributed by atoms with Gasteiger partial charge in [-0.2, -0.15) is 0 Å². The van der Waals surface area contributed by atoms with Crippen molar-refractivity contribution in [1.29, 1.82) is 0 Å². The maximum absolute atomic E-state index is 4.78. The van der Waals surface area contributed by atoms with E-state index in [-0.39, 0.29) is 0 Å². The molecule has 0 bridgehead atoms. The summed E-state index contributed by atoms with van der Waals surface area (Å²) in [4.78, 5) is 4.78. The van der Waals surface area contributed by atoms with E-state index in [9.17, 15) is 0 Å². The van der Waals surface area contributed by atoms with E-state index in [1.807, 2.05) is 0 Å². The molecule has 0 radical (unpaired) electrons. The second kappa shape index (κ2) is 22.6. The third kappa shape index (κ3) is 17.9.